The lowest BCUT2D eigenvalue weighted by Crippen LogP contribution is -2.26. The van der Waals surface area contributed by atoms with Gasteiger partial charge in [-0.15, -0.1) is 0 Å². The molecule has 0 radical (unpaired) electrons. The van der Waals surface area contributed by atoms with E-state index in [0.29, 0.717) is 36.1 Å². The summed E-state index contributed by atoms with van der Waals surface area (Å²) in [7, 11) is 3.38. The third kappa shape index (κ3) is 5.08. The molecule has 0 fully saturated rings. The highest BCUT2D eigenvalue weighted by Gasteiger charge is 2.14. The number of amides is 1. The molecule has 7 heteroatoms. The highest BCUT2D eigenvalue weighted by Crippen LogP contribution is 2.20. The summed E-state index contributed by atoms with van der Waals surface area (Å²) in [6.07, 6.45) is 0.696. The van der Waals surface area contributed by atoms with Crippen LogP contribution in [0.25, 0.3) is 11.4 Å². The summed E-state index contributed by atoms with van der Waals surface area (Å²) < 4.78 is 10.4. The Hall–Kier alpha value is -2.86. The minimum Gasteiger partial charge on any atom is -0.497 e. The number of hydrogen-bond acceptors (Lipinski definition) is 5. The standard InChI is InChI=1S/C20H20ClN3O3/c1-24(13-14-3-7-16(21)8-4-14)19(25)12-11-18-22-20(23-27-18)15-5-9-17(26-2)10-6-15/h3-10H,11-13H2,1-2H3. The maximum Gasteiger partial charge on any atom is 0.227 e. The Morgan fingerprint density at radius 2 is 1.85 bits per heavy atom. The van der Waals surface area contributed by atoms with Gasteiger partial charge in [0, 0.05) is 37.0 Å². The lowest BCUT2D eigenvalue weighted by molar-refractivity contribution is -0.130. The van der Waals surface area contributed by atoms with Gasteiger partial charge in [-0.25, -0.2) is 0 Å². The number of carbonyl (C=O) groups is 1. The Morgan fingerprint density at radius 1 is 1.15 bits per heavy atom. The van der Waals surface area contributed by atoms with Gasteiger partial charge in [0.25, 0.3) is 0 Å². The summed E-state index contributed by atoms with van der Waals surface area (Å²) in [6, 6.07) is 14.8. The van der Waals surface area contributed by atoms with E-state index < -0.39 is 0 Å². The molecule has 140 valence electrons. The van der Waals surface area contributed by atoms with Gasteiger partial charge in [-0.3, -0.25) is 4.79 Å². The molecule has 0 aliphatic rings. The monoisotopic (exact) mass is 385 g/mol. The van der Waals surface area contributed by atoms with E-state index in [1.165, 1.54) is 0 Å². The second kappa shape index (κ2) is 8.68. The van der Waals surface area contributed by atoms with Gasteiger partial charge in [0.05, 0.1) is 7.11 Å². The first kappa shape index (κ1) is 18.9. The van der Waals surface area contributed by atoms with Crippen molar-refractivity contribution in [3.8, 4) is 17.1 Å². The summed E-state index contributed by atoms with van der Waals surface area (Å²) in [4.78, 5) is 18.4. The number of carbonyl (C=O) groups excluding carboxylic acids is 1. The molecule has 3 aromatic rings. The number of hydrogen-bond donors (Lipinski definition) is 0. The number of benzene rings is 2. The van der Waals surface area contributed by atoms with Crippen molar-refractivity contribution < 1.29 is 14.1 Å². The Morgan fingerprint density at radius 3 is 2.52 bits per heavy atom. The van der Waals surface area contributed by atoms with Crippen LogP contribution in [0.5, 0.6) is 5.75 Å². The van der Waals surface area contributed by atoms with Gasteiger partial charge in [0.1, 0.15) is 5.75 Å². The van der Waals surface area contributed by atoms with Crippen LogP contribution in [0.2, 0.25) is 5.02 Å². The summed E-state index contributed by atoms with van der Waals surface area (Å²) in [5, 5.41) is 4.65. The molecule has 0 bridgehead atoms. The van der Waals surface area contributed by atoms with E-state index in [1.807, 2.05) is 48.5 Å². The summed E-state index contributed by atoms with van der Waals surface area (Å²) in [6.45, 7) is 0.525. The van der Waals surface area contributed by atoms with Gasteiger partial charge in [-0.05, 0) is 42.0 Å². The van der Waals surface area contributed by atoms with Crippen molar-refractivity contribution in [1.29, 1.82) is 0 Å². The van der Waals surface area contributed by atoms with Crippen molar-refractivity contribution in [2.75, 3.05) is 14.2 Å². The average molecular weight is 386 g/mol. The van der Waals surface area contributed by atoms with Crippen LogP contribution >= 0.6 is 11.6 Å². The number of ether oxygens (including phenoxy) is 1. The Bertz CT molecular complexity index is 892. The van der Waals surface area contributed by atoms with Crippen LogP contribution in [0.15, 0.2) is 53.1 Å². The molecule has 0 N–H and O–H groups in total. The minimum atomic E-state index is 0.00847. The second-order valence-electron chi connectivity index (χ2n) is 6.12. The summed E-state index contributed by atoms with van der Waals surface area (Å²) in [5.74, 6) is 1.70. The quantitative estimate of drug-likeness (QED) is 0.615. The number of methoxy groups -OCH3 is 1. The SMILES string of the molecule is COc1ccc(-c2noc(CCC(=O)N(C)Cc3ccc(Cl)cc3)n2)cc1. The molecule has 0 saturated carbocycles. The molecule has 1 heterocycles. The third-order valence-corrected chi connectivity index (χ3v) is 4.38. The predicted octanol–water partition coefficient (Wildman–Crippen LogP) is 3.99. The van der Waals surface area contributed by atoms with E-state index in [0.717, 1.165) is 16.9 Å². The Balaban J connectivity index is 1.54. The molecule has 6 nitrogen and oxygen atoms in total. The zero-order valence-corrected chi connectivity index (χ0v) is 15.9. The number of nitrogens with zero attached hydrogens (tertiary/aromatic N) is 3. The van der Waals surface area contributed by atoms with Crippen LogP contribution in [-0.4, -0.2) is 35.1 Å². The van der Waals surface area contributed by atoms with E-state index in [9.17, 15) is 4.79 Å². The normalized spacial score (nSPS) is 10.6. The predicted molar refractivity (Wildman–Crippen MR) is 103 cm³/mol. The van der Waals surface area contributed by atoms with Crippen LogP contribution in [0.4, 0.5) is 0 Å². The van der Waals surface area contributed by atoms with Crippen LogP contribution in [0.1, 0.15) is 17.9 Å². The van der Waals surface area contributed by atoms with Gasteiger partial charge >= 0.3 is 0 Å². The first-order valence-corrected chi connectivity index (χ1v) is 8.88. The van der Waals surface area contributed by atoms with E-state index >= 15 is 0 Å². The fourth-order valence-corrected chi connectivity index (χ4v) is 2.70. The second-order valence-corrected chi connectivity index (χ2v) is 6.55. The fraction of sp³-hybridized carbons (Fsp3) is 0.250. The zero-order chi connectivity index (χ0) is 19.2. The van der Waals surface area contributed by atoms with Gasteiger partial charge in [-0.1, -0.05) is 28.9 Å². The highest BCUT2D eigenvalue weighted by molar-refractivity contribution is 6.30. The van der Waals surface area contributed by atoms with E-state index in [4.69, 9.17) is 20.9 Å². The first-order valence-electron chi connectivity index (χ1n) is 8.50. The molecule has 27 heavy (non-hydrogen) atoms. The van der Waals surface area contributed by atoms with Crippen molar-refractivity contribution in [2.45, 2.75) is 19.4 Å². The molecule has 0 saturated heterocycles. The minimum absolute atomic E-state index is 0.00847. The largest absolute Gasteiger partial charge is 0.497 e. The van der Waals surface area contributed by atoms with Crippen LogP contribution < -0.4 is 4.74 Å². The number of rotatable bonds is 7. The molecule has 0 unspecified atom stereocenters. The number of aromatic nitrogens is 2. The molecular formula is C20H20ClN3O3. The smallest absolute Gasteiger partial charge is 0.227 e. The maximum atomic E-state index is 12.3. The van der Waals surface area contributed by atoms with Gasteiger partial charge in [0.15, 0.2) is 0 Å². The molecule has 0 spiro atoms. The topological polar surface area (TPSA) is 68.5 Å². The van der Waals surface area contributed by atoms with E-state index in [2.05, 4.69) is 10.1 Å². The van der Waals surface area contributed by atoms with Crippen LogP contribution in [0.3, 0.4) is 0 Å². The third-order valence-electron chi connectivity index (χ3n) is 4.13. The number of halogens is 1. The Labute approximate surface area is 162 Å². The van der Waals surface area contributed by atoms with Crippen molar-refractivity contribution in [2.24, 2.45) is 0 Å². The lowest BCUT2D eigenvalue weighted by Gasteiger charge is -2.16. The maximum absolute atomic E-state index is 12.3. The summed E-state index contributed by atoms with van der Waals surface area (Å²) in [5.41, 5.74) is 1.85. The molecule has 0 aliphatic carbocycles. The van der Waals surface area contributed by atoms with Gasteiger partial charge in [-0.2, -0.15) is 4.98 Å². The molecule has 1 aromatic heterocycles. The highest BCUT2D eigenvalue weighted by atomic mass is 35.5. The lowest BCUT2D eigenvalue weighted by atomic mass is 10.2. The van der Waals surface area contributed by atoms with E-state index in [1.54, 1.807) is 19.1 Å². The molecule has 3 rings (SSSR count). The molecular weight excluding hydrogens is 366 g/mol. The number of aryl methyl sites for hydroxylation is 1. The summed E-state index contributed by atoms with van der Waals surface area (Å²) >= 11 is 5.88. The molecule has 1 amide bonds. The van der Waals surface area contributed by atoms with Crippen molar-refractivity contribution in [3.63, 3.8) is 0 Å². The molecule has 2 aromatic carbocycles. The van der Waals surface area contributed by atoms with Crippen molar-refractivity contribution in [1.82, 2.24) is 15.0 Å². The first-order chi connectivity index (χ1) is 13.0. The Kier molecular flexibility index (Phi) is 6.08. The van der Waals surface area contributed by atoms with Crippen molar-refractivity contribution >= 4 is 17.5 Å². The van der Waals surface area contributed by atoms with E-state index in [-0.39, 0.29) is 5.91 Å². The van der Waals surface area contributed by atoms with Crippen LogP contribution in [-0.2, 0) is 17.8 Å². The fourth-order valence-electron chi connectivity index (χ4n) is 2.57. The van der Waals surface area contributed by atoms with Gasteiger partial charge in [0.2, 0.25) is 17.6 Å². The zero-order valence-electron chi connectivity index (χ0n) is 15.2. The van der Waals surface area contributed by atoms with Crippen molar-refractivity contribution in [3.05, 3.63) is 65.0 Å². The molecule has 0 atom stereocenters. The van der Waals surface area contributed by atoms with Gasteiger partial charge < -0.3 is 14.2 Å². The average Bonchev–Trinajstić information content (AvgIpc) is 3.17. The molecule has 0 aliphatic heterocycles. The van der Waals surface area contributed by atoms with Crippen LogP contribution in [0, 0.1) is 0 Å².